The quantitative estimate of drug-likeness (QED) is 0.327. The van der Waals surface area contributed by atoms with Crippen LogP contribution in [0.25, 0.3) is 10.9 Å². The third kappa shape index (κ3) is 6.25. The zero-order chi connectivity index (χ0) is 26.4. The molecule has 200 valence electrons. The lowest BCUT2D eigenvalue weighted by Gasteiger charge is -2.42. The average Bonchev–Trinajstić information content (AvgIpc) is 2.90. The van der Waals surface area contributed by atoms with Crippen molar-refractivity contribution in [1.29, 1.82) is 0 Å². The van der Waals surface area contributed by atoms with E-state index in [0.717, 1.165) is 73.0 Å². The highest BCUT2D eigenvalue weighted by molar-refractivity contribution is 5.84. The van der Waals surface area contributed by atoms with Crippen LogP contribution in [0.5, 0.6) is 5.75 Å². The van der Waals surface area contributed by atoms with Crippen LogP contribution in [0.2, 0.25) is 0 Å². The van der Waals surface area contributed by atoms with Crippen molar-refractivity contribution in [3.05, 3.63) is 70.7 Å². The third-order valence-electron chi connectivity index (χ3n) is 7.91. The summed E-state index contributed by atoms with van der Waals surface area (Å²) in [6.07, 6.45) is 6.37. The molecule has 0 amide bonds. The second-order valence-electron chi connectivity index (χ2n) is 10.1. The molecule has 1 atom stereocenters. The minimum Gasteiger partial charge on any atom is -0.497 e. The van der Waals surface area contributed by atoms with E-state index >= 15 is 0 Å². The largest absolute Gasteiger partial charge is 0.497 e. The van der Waals surface area contributed by atoms with Gasteiger partial charge in [0, 0.05) is 35.8 Å². The number of hydrogen-bond acceptors (Lipinski definition) is 5. The summed E-state index contributed by atoms with van der Waals surface area (Å²) in [5.74, 6) is -1.91. The molecule has 2 aromatic carbocycles. The van der Waals surface area contributed by atoms with Gasteiger partial charge in [-0.05, 0) is 99.2 Å². The molecule has 0 saturated carbocycles. The monoisotopic (exact) mass is 515 g/mol. The highest BCUT2D eigenvalue weighted by Crippen LogP contribution is 2.40. The zero-order valence-electron chi connectivity index (χ0n) is 21.3. The molecule has 4 N–H and O–H groups in total. The minimum atomic E-state index is -0.925. The molecule has 8 heteroatoms. The Morgan fingerprint density at radius 2 is 1.76 bits per heavy atom. The van der Waals surface area contributed by atoms with Crippen LogP contribution in [0.1, 0.15) is 55.2 Å². The molecule has 1 unspecified atom stereocenters. The zero-order valence-corrected chi connectivity index (χ0v) is 21.3. The number of hydrogen-bond donors (Lipinski definition) is 3. The number of benzene rings is 2. The average molecular weight is 516 g/mol. The van der Waals surface area contributed by atoms with Crippen molar-refractivity contribution in [2.24, 2.45) is 11.1 Å². The number of aliphatic hydroxyl groups excluding tert-OH is 1. The highest BCUT2D eigenvalue weighted by Gasteiger charge is 2.38. The molecule has 0 bridgehead atoms. The molecule has 1 aromatic heterocycles. The molecule has 1 aliphatic rings. The van der Waals surface area contributed by atoms with Crippen molar-refractivity contribution in [3.8, 4) is 5.75 Å². The Balaban J connectivity index is 1.45. The lowest BCUT2D eigenvalue weighted by atomic mass is 9.69. The molecule has 0 spiro atoms. The van der Waals surface area contributed by atoms with E-state index in [1.165, 1.54) is 0 Å². The van der Waals surface area contributed by atoms with Crippen molar-refractivity contribution >= 4 is 10.9 Å². The fraction of sp³-hybridized carbons (Fsp3) is 0.483. The number of ether oxygens (including phenoxy) is 1. The van der Waals surface area contributed by atoms with Crippen LogP contribution >= 0.6 is 0 Å². The van der Waals surface area contributed by atoms with E-state index in [9.17, 15) is 18.3 Å². The van der Waals surface area contributed by atoms with Gasteiger partial charge in [-0.1, -0.05) is 0 Å². The minimum absolute atomic E-state index is 0.119. The van der Waals surface area contributed by atoms with Gasteiger partial charge in [0.2, 0.25) is 0 Å². The van der Waals surface area contributed by atoms with Crippen LogP contribution < -0.4 is 15.8 Å². The van der Waals surface area contributed by atoms with Gasteiger partial charge in [0.15, 0.2) is 0 Å². The van der Waals surface area contributed by atoms with Crippen molar-refractivity contribution in [2.45, 2.75) is 64.0 Å². The molecule has 1 aliphatic heterocycles. The number of aliphatic hydroxyl groups is 1. The normalized spacial score (nSPS) is 16.2. The first-order valence-corrected chi connectivity index (χ1v) is 13.0. The Labute approximate surface area is 216 Å². The second kappa shape index (κ2) is 12.2. The van der Waals surface area contributed by atoms with Gasteiger partial charge in [-0.3, -0.25) is 4.98 Å². The van der Waals surface area contributed by atoms with E-state index in [-0.39, 0.29) is 17.4 Å². The van der Waals surface area contributed by atoms with Crippen LogP contribution in [0.3, 0.4) is 0 Å². The fourth-order valence-corrected chi connectivity index (χ4v) is 5.75. The number of nitrogens with two attached hydrogens (primary N) is 1. The van der Waals surface area contributed by atoms with E-state index in [0.29, 0.717) is 31.5 Å². The van der Waals surface area contributed by atoms with Gasteiger partial charge in [0.1, 0.15) is 23.2 Å². The van der Waals surface area contributed by atoms with Gasteiger partial charge in [-0.15, -0.1) is 0 Å². The Hall–Kier alpha value is -2.68. The molecule has 3 aromatic rings. The van der Waals surface area contributed by atoms with Crippen molar-refractivity contribution < 1.29 is 23.0 Å². The predicted molar refractivity (Wildman–Crippen MR) is 139 cm³/mol. The third-order valence-corrected chi connectivity index (χ3v) is 7.91. The van der Waals surface area contributed by atoms with Crippen LogP contribution in [0.15, 0.2) is 36.5 Å². The lowest BCUT2D eigenvalue weighted by Crippen LogP contribution is -2.44. The maximum Gasteiger partial charge on any atom is 0.132 e. The van der Waals surface area contributed by atoms with E-state index < -0.39 is 23.6 Å². The first-order valence-electron chi connectivity index (χ1n) is 13.0. The van der Waals surface area contributed by atoms with Gasteiger partial charge in [-0.2, -0.15) is 0 Å². The predicted octanol–water partition coefficient (Wildman–Crippen LogP) is 5.20. The molecule has 1 saturated heterocycles. The highest BCUT2D eigenvalue weighted by atomic mass is 19.1. The van der Waals surface area contributed by atoms with E-state index in [1.807, 2.05) is 24.4 Å². The van der Waals surface area contributed by atoms with Crippen LogP contribution in [0, 0.1) is 22.9 Å². The number of methoxy groups -OCH3 is 1. The molecule has 2 heterocycles. The molecular weight excluding hydrogens is 479 g/mol. The van der Waals surface area contributed by atoms with E-state index in [4.69, 9.17) is 10.5 Å². The summed E-state index contributed by atoms with van der Waals surface area (Å²) in [5, 5.41) is 15.7. The lowest BCUT2D eigenvalue weighted by molar-refractivity contribution is -0.0132. The number of pyridine rings is 1. The number of rotatable bonds is 11. The Morgan fingerprint density at radius 1 is 1.05 bits per heavy atom. The molecule has 0 aliphatic carbocycles. The first-order chi connectivity index (χ1) is 17.9. The molecule has 5 nitrogen and oxygen atoms in total. The standard InChI is InChI=1S/C29H36F3N3O2/c1-37-21-7-8-27-24(16-21)22(19(17-33)18-35-27)5-3-9-29(10-12-34-13-11-29)28(36)6-2-4-23-25(31)14-20(30)15-26(23)32/h7-8,14-16,18,28,34,36H,2-6,9-13,17,33H2,1H3. The van der Waals surface area contributed by atoms with Crippen molar-refractivity contribution in [3.63, 3.8) is 0 Å². The summed E-state index contributed by atoms with van der Waals surface area (Å²) in [6.45, 7) is 2.03. The topological polar surface area (TPSA) is 80.4 Å². The van der Waals surface area contributed by atoms with Gasteiger partial charge >= 0.3 is 0 Å². The van der Waals surface area contributed by atoms with Gasteiger partial charge in [-0.25, -0.2) is 13.2 Å². The number of aryl methyl sites for hydroxylation is 1. The second-order valence-corrected chi connectivity index (χ2v) is 10.1. The number of piperidine rings is 1. The Bertz CT molecular complexity index is 1190. The fourth-order valence-electron chi connectivity index (χ4n) is 5.75. The number of nitrogens with one attached hydrogen (secondary N) is 1. The summed E-state index contributed by atoms with van der Waals surface area (Å²) in [5.41, 5.74) is 8.70. The van der Waals surface area contributed by atoms with Gasteiger partial charge < -0.3 is 20.9 Å². The number of aromatic nitrogens is 1. The number of halogens is 3. The van der Waals surface area contributed by atoms with Crippen LogP contribution in [0.4, 0.5) is 13.2 Å². The van der Waals surface area contributed by atoms with Crippen LogP contribution in [-0.4, -0.2) is 36.4 Å². The molecule has 0 radical (unpaired) electrons. The maximum absolute atomic E-state index is 14.0. The molecule has 37 heavy (non-hydrogen) atoms. The number of fused-ring (bicyclic) bond motifs is 1. The van der Waals surface area contributed by atoms with E-state index in [1.54, 1.807) is 7.11 Å². The number of nitrogens with zero attached hydrogens (tertiary/aromatic N) is 1. The Kier molecular flexibility index (Phi) is 9.05. The summed E-state index contributed by atoms with van der Waals surface area (Å²) < 4.78 is 46.7. The van der Waals surface area contributed by atoms with E-state index in [2.05, 4.69) is 10.3 Å². The summed E-state index contributed by atoms with van der Waals surface area (Å²) in [6, 6.07) is 7.25. The van der Waals surface area contributed by atoms with Crippen molar-refractivity contribution in [1.82, 2.24) is 10.3 Å². The van der Waals surface area contributed by atoms with Gasteiger partial charge in [0.25, 0.3) is 0 Å². The molecule has 1 fully saturated rings. The summed E-state index contributed by atoms with van der Waals surface area (Å²) >= 11 is 0. The SMILES string of the molecule is COc1ccc2ncc(CN)c(CCCC3(C(O)CCCc4c(F)cc(F)cc4F)CCNCC3)c2c1. The Morgan fingerprint density at radius 3 is 2.43 bits per heavy atom. The summed E-state index contributed by atoms with van der Waals surface area (Å²) in [7, 11) is 1.64. The smallest absolute Gasteiger partial charge is 0.132 e. The molecule has 4 rings (SSSR count). The summed E-state index contributed by atoms with van der Waals surface area (Å²) in [4.78, 5) is 4.55. The molecular formula is C29H36F3N3O2. The van der Waals surface area contributed by atoms with Gasteiger partial charge in [0.05, 0.1) is 18.7 Å². The van der Waals surface area contributed by atoms with Crippen LogP contribution in [-0.2, 0) is 19.4 Å². The first kappa shape index (κ1) is 27.4. The van der Waals surface area contributed by atoms with Crippen molar-refractivity contribution in [2.75, 3.05) is 20.2 Å². The maximum atomic E-state index is 14.0.